The molecule has 27 heavy (non-hydrogen) atoms. The lowest BCUT2D eigenvalue weighted by Gasteiger charge is -2.10. The standard InChI is InChI=1S/C22H15N3O2/c1-13-4-8-19(27-13)21-17(12-16-6-9-20(26)24-22(16)25-21)14-5-7-18-15(11-14)3-2-10-23-18/h2-12H,1H3,(H,24,25,26). The monoisotopic (exact) mass is 353 g/mol. The van der Waals surface area contributed by atoms with Gasteiger partial charge >= 0.3 is 0 Å². The molecule has 0 aliphatic heterocycles. The van der Waals surface area contributed by atoms with E-state index in [1.54, 1.807) is 12.3 Å². The van der Waals surface area contributed by atoms with Gasteiger partial charge in [-0.25, -0.2) is 4.98 Å². The summed E-state index contributed by atoms with van der Waals surface area (Å²) < 4.78 is 5.83. The summed E-state index contributed by atoms with van der Waals surface area (Å²) in [5.41, 5.74) is 3.95. The third-order valence-electron chi connectivity index (χ3n) is 4.60. The topological polar surface area (TPSA) is 71.8 Å². The van der Waals surface area contributed by atoms with Crippen molar-refractivity contribution in [2.24, 2.45) is 0 Å². The maximum Gasteiger partial charge on any atom is 0.249 e. The van der Waals surface area contributed by atoms with Crippen molar-refractivity contribution in [3.05, 3.63) is 83.0 Å². The first-order valence-corrected chi connectivity index (χ1v) is 8.63. The van der Waals surface area contributed by atoms with E-state index in [9.17, 15) is 4.79 Å². The van der Waals surface area contributed by atoms with E-state index in [0.29, 0.717) is 17.1 Å². The highest BCUT2D eigenvalue weighted by Crippen LogP contribution is 2.34. The summed E-state index contributed by atoms with van der Waals surface area (Å²) in [5, 5.41) is 1.92. The van der Waals surface area contributed by atoms with E-state index < -0.39 is 0 Å². The normalized spacial score (nSPS) is 11.3. The van der Waals surface area contributed by atoms with Crippen LogP contribution in [0, 0.1) is 6.92 Å². The lowest BCUT2D eigenvalue weighted by molar-refractivity contribution is 0.547. The van der Waals surface area contributed by atoms with Crippen LogP contribution >= 0.6 is 0 Å². The van der Waals surface area contributed by atoms with Crippen LogP contribution in [-0.2, 0) is 0 Å². The Labute approximate surface area is 154 Å². The van der Waals surface area contributed by atoms with Crippen molar-refractivity contribution in [1.29, 1.82) is 0 Å². The Kier molecular flexibility index (Phi) is 3.40. The van der Waals surface area contributed by atoms with Crippen LogP contribution in [0.4, 0.5) is 0 Å². The number of rotatable bonds is 2. The second-order valence-corrected chi connectivity index (χ2v) is 6.47. The van der Waals surface area contributed by atoms with Gasteiger partial charge in [0, 0.05) is 28.6 Å². The van der Waals surface area contributed by atoms with Crippen LogP contribution in [0.25, 0.3) is 44.5 Å². The van der Waals surface area contributed by atoms with E-state index in [1.807, 2.05) is 49.4 Å². The summed E-state index contributed by atoms with van der Waals surface area (Å²) in [7, 11) is 0. The molecule has 5 aromatic rings. The van der Waals surface area contributed by atoms with Crippen molar-refractivity contribution < 1.29 is 4.42 Å². The van der Waals surface area contributed by atoms with E-state index in [2.05, 4.69) is 16.0 Å². The summed E-state index contributed by atoms with van der Waals surface area (Å²) in [6.45, 7) is 1.90. The first-order valence-electron chi connectivity index (χ1n) is 8.63. The molecule has 5 heteroatoms. The molecule has 0 aliphatic carbocycles. The summed E-state index contributed by atoms with van der Waals surface area (Å²) in [6, 6.07) is 19.2. The van der Waals surface area contributed by atoms with Gasteiger partial charge < -0.3 is 9.40 Å². The number of nitrogens with one attached hydrogen (secondary N) is 1. The van der Waals surface area contributed by atoms with Gasteiger partial charge in [-0.05, 0) is 55.0 Å². The third kappa shape index (κ3) is 2.69. The lowest BCUT2D eigenvalue weighted by Crippen LogP contribution is -2.04. The maximum atomic E-state index is 11.7. The summed E-state index contributed by atoms with van der Waals surface area (Å²) in [5.74, 6) is 1.47. The lowest BCUT2D eigenvalue weighted by atomic mass is 9.99. The van der Waals surface area contributed by atoms with Crippen molar-refractivity contribution in [2.45, 2.75) is 6.92 Å². The molecule has 0 atom stereocenters. The van der Waals surface area contributed by atoms with Crippen molar-refractivity contribution >= 4 is 21.9 Å². The average Bonchev–Trinajstić information content (AvgIpc) is 3.13. The molecule has 0 bridgehead atoms. The predicted octanol–water partition coefficient (Wildman–Crippen LogP) is 4.71. The zero-order chi connectivity index (χ0) is 18.4. The number of furan rings is 1. The zero-order valence-electron chi connectivity index (χ0n) is 14.6. The number of pyridine rings is 3. The number of aromatic nitrogens is 3. The average molecular weight is 353 g/mol. The minimum Gasteiger partial charge on any atom is -0.460 e. The number of fused-ring (bicyclic) bond motifs is 2. The van der Waals surface area contributed by atoms with Gasteiger partial charge in [-0.3, -0.25) is 9.78 Å². The Hall–Kier alpha value is -3.73. The molecule has 5 rings (SSSR count). The zero-order valence-corrected chi connectivity index (χ0v) is 14.6. The molecular formula is C22H15N3O2. The smallest absolute Gasteiger partial charge is 0.249 e. The van der Waals surface area contributed by atoms with Crippen LogP contribution in [0.5, 0.6) is 0 Å². The van der Waals surface area contributed by atoms with Gasteiger partial charge in [0.15, 0.2) is 5.76 Å². The second-order valence-electron chi connectivity index (χ2n) is 6.47. The van der Waals surface area contributed by atoms with Crippen LogP contribution in [0.3, 0.4) is 0 Å². The molecular weight excluding hydrogens is 338 g/mol. The summed E-state index contributed by atoms with van der Waals surface area (Å²) in [6.07, 6.45) is 1.78. The van der Waals surface area contributed by atoms with E-state index >= 15 is 0 Å². The molecule has 130 valence electrons. The highest BCUT2D eigenvalue weighted by Gasteiger charge is 2.15. The molecule has 0 radical (unpaired) electrons. The molecule has 0 amide bonds. The van der Waals surface area contributed by atoms with Gasteiger partial charge in [0.05, 0.1) is 5.52 Å². The third-order valence-corrected chi connectivity index (χ3v) is 4.60. The van der Waals surface area contributed by atoms with Crippen molar-refractivity contribution in [3.8, 4) is 22.6 Å². The first-order chi connectivity index (χ1) is 13.2. The van der Waals surface area contributed by atoms with Gasteiger partial charge in [-0.1, -0.05) is 12.1 Å². The Morgan fingerprint density at radius 2 is 1.89 bits per heavy atom. The molecule has 4 heterocycles. The number of hydrogen-bond donors (Lipinski definition) is 1. The van der Waals surface area contributed by atoms with Crippen LogP contribution in [0.1, 0.15) is 5.76 Å². The molecule has 0 saturated heterocycles. The van der Waals surface area contributed by atoms with Crippen molar-refractivity contribution in [3.63, 3.8) is 0 Å². The number of H-pyrrole nitrogens is 1. The number of benzene rings is 1. The molecule has 0 spiro atoms. The fourth-order valence-electron chi connectivity index (χ4n) is 3.29. The minimum absolute atomic E-state index is 0.180. The Morgan fingerprint density at radius 1 is 0.963 bits per heavy atom. The van der Waals surface area contributed by atoms with E-state index in [4.69, 9.17) is 9.40 Å². The van der Waals surface area contributed by atoms with E-state index in [0.717, 1.165) is 33.2 Å². The quantitative estimate of drug-likeness (QED) is 0.499. The number of aromatic amines is 1. The fraction of sp³-hybridized carbons (Fsp3) is 0.0455. The second kappa shape index (κ2) is 5.92. The SMILES string of the molecule is Cc1ccc(-c2nc3[nH]c(=O)ccc3cc2-c2ccc3ncccc3c2)o1. The summed E-state index contributed by atoms with van der Waals surface area (Å²) in [4.78, 5) is 23.6. The fourth-order valence-corrected chi connectivity index (χ4v) is 3.29. The summed E-state index contributed by atoms with van der Waals surface area (Å²) >= 11 is 0. The Balaban J connectivity index is 1.82. The molecule has 4 aromatic heterocycles. The molecule has 0 saturated carbocycles. The van der Waals surface area contributed by atoms with Crippen LogP contribution in [-0.4, -0.2) is 15.0 Å². The number of nitrogens with zero attached hydrogens (tertiary/aromatic N) is 2. The molecule has 1 aromatic carbocycles. The molecule has 0 aliphatic rings. The van der Waals surface area contributed by atoms with E-state index in [-0.39, 0.29) is 5.56 Å². The van der Waals surface area contributed by atoms with Crippen LogP contribution in [0.2, 0.25) is 0 Å². The van der Waals surface area contributed by atoms with Gasteiger partial charge in [0.1, 0.15) is 17.1 Å². The highest BCUT2D eigenvalue weighted by molar-refractivity contribution is 5.92. The predicted molar refractivity (Wildman–Crippen MR) is 106 cm³/mol. The van der Waals surface area contributed by atoms with Crippen molar-refractivity contribution in [1.82, 2.24) is 15.0 Å². The number of hydrogen-bond acceptors (Lipinski definition) is 4. The highest BCUT2D eigenvalue weighted by atomic mass is 16.3. The van der Waals surface area contributed by atoms with E-state index in [1.165, 1.54) is 6.07 Å². The van der Waals surface area contributed by atoms with Crippen LogP contribution < -0.4 is 5.56 Å². The molecule has 1 N–H and O–H groups in total. The minimum atomic E-state index is -0.180. The van der Waals surface area contributed by atoms with Crippen LogP contribution in [0.15, 0.2) is 76.1 Å². The van der Waals surface area contributed by atoms with Crippen molar-refractivity contribution in [2.75, 3.05) is 0 Å². The Morgan fingerprint density at radius 3 is 2.74 bits per heavy atom. The first kappa shape index (κ1) is 15.5. The van der Waals surface area contributed by atoms with Gasteiger partial charge in [0.25, 0.3) is 0 Å². The van der Waals surface area contributed by atoms with Gasteiger partial charge in [-0.15, -0.1) is 0 Å². The molecule has 5 nitrogen and oxygen atoms in total. The Bertz CT molecular complexity index is 1370. The number of aryl methyl sites for hydroxylation is 1. The van der Waals surface area contributed by atoms with Gasteiger partial charge in [-0.2, -0.15) is 0 Å². The largest absolute Gasteiger partial charge is 0.460 e. The molecule has 0 fully saturated rings. The molecule has 0 unspecified atom stereocenters. The maximum absolute atomic E-state index is 11.7. The van der Waals surface area contributed by atoms with Gasteiger partial charge in [0.2, 0.25) is 5.56 Å².